The van der Waals surface area contributed by atoms with Crippen molar-refractivity contribution in [1.82, 2.24) is 0 Å². The van der Waals surface area contributed by atoms with E-state index in [0.29, 0.717) is 11.8 Å². The van der Waals surface area contributed by atoms with Gasteiger partial charge in [0.1, 0.15) is 0 Å². The number of unbranched alkanes of at least 4 members (excludes halogenated alkanes) is 4. The van der Waals surface area contributed by atoms with Gasteiger partial charge in [0, 0.05) is 16.7 Å². The number of benzene rings is 3. The van der Waals surface area contributed by atoms with Crippen LogP contribution in [0, 0.1) is 0 Å². The lowest BCUT2D eigenvalue weighted by Gasteiger charge is -2.21. The standard InChI is InChI=1S/C30H30N2O3/c1-2-3-4-5-6-7-19-8-10-20(11-9-19)12-13-21-14-16-23-25(27(21)31)29(34)24-17-15-22(18-33)28(32)26(24)30(23)35/h8-18H,2-7,31-32H2,1H3. The predicted molar refractivity (Wildman–Crippen MR) is 142 cm³/mol. The number of nitrogen functional groups attached to an aromatic ring is 2. The summed E-state index contributed by atoms with van der Waals surface area (Å²) in [6.45, 7) is 2.22. The van der Waals surface area contributed by atoms with Crippen molar-refractivity contribution in [2.45, 2.75) is 45.4 Å². The molecule has 5 nitrogen and oxygen atoms in total. The number of carbonyl (C=O) groups excluding carboxylic acids is 3. The molecule has 0 spiro atoms. The molecule has 0 aromatic heterocycles. The Bertz CT molecular complexity index is 1320. The minimum atomic E-state index is -0.400. The minimum absolute atomic E-state index is 0.0217. The molecule has 3 aromatic carbocycles. The van der Waals surface area contributed by atoms with Crippen molar-refractivity contribution in [2.24, 2.45) is 0 Å². The first-order valence-corrected chi connectivity index (χ1v) is 12.1. The topological polar surface area (TPSA) is 103 Å². The zero-order valence-corrected chi connectivity index (χ0v) is 20.0. The highest BCUT2D eigenvalue weighted by Gasteiger charge is 2.34. The lowest BCUT2D eigenvalue weighted by molar-refractivity contribution is 0.0980. The Morgan fingerprint density at radius 1 is 0.686 bits per heavy atom. The third-order valence-electron chi connectivity index (χ3n) is 6.63. The number of hydrogen-bond acceptors (Lipinski definition) is 5. The van der Waals surface area contributed by atoms with Gasteiger partial charge in [-0.15, -0.1) is 0 Å². The molecule has 0 saturated heterocycles. The summed E-state index contributed by atoms with van der Waals surface area (Å²) in [6.07, 6.45) is 11.8. The van der Waals surface area contributed by atoms with Gasteiger partial charge in [-0.05, 0) is 47.7 Å². The molecule has 5 heteroatoms. The van der Waals surface area contributed by atoms with Crippen molar-refractivity contribution in [2.75, 3.05) is 11.5 Å². The fourth-order valence-electron chi connectivity index (χ4n) is 4.57. The molecule has 0 atom stereocenters. The van der Waals surface area contributed by atoms with Crippen molar-refractivity contribution in [3.63, 3.8) is 0 Å². The molecule has 0 aliphatic heterocycles. The van der Waals surface area contributed by atoms with Crippen molar-refractivity contribution in [3.05, 3.63) is 93.0 Å². The molecule has 0 bridgehead atoms. The molecular weight excluding hydrogens is 436 g/mol. The van der Waals surface area contributed by atoms with E-state index in [1.165, 1.54) is 49.8 Å². The molecule has 0 amide bonds. The molecule has 1 aliphatic rings. The maximum atomic E-state index is 13.2. The Hall–Kier alpha value is -3.99. The van der Waals surface area contributed by atoms with Gasteiger partial charge in [-0.25, -0.2) is 0 Å². The summed E-state index contributed by atoms with van der Waals surface area (Å²) in [5.74, 6) is -0.766. The maximum Gasteiger partial charge on any atom is 0.196 e. The van der Waals surface area contributed by atoms with Crippen molar-refractivity contribution < 1.29 is 14.4 Å². The molecule has 0 radical (unpaired) electrons. The van der Waals surface area contributed by atoms with E-state index >= 15 is 0 Å². The van der Waals surface area contributed by atoms with E-state index in [2.05, 4.69) is 31.2 Å². The van der Waals surface area contributed by atoms with Crippen LogP contribution in [0.5, 0.6) is 0 Å². The van der Waals surface area contributed by atoms with E-state index in [1.54, 1.807) is 12.1 Å². The summed E-state index contributed by atoms with van der Waals surface area (Å²) < 4.78 is 0. The second-order valence-electron chi connectivity index (χ2n) is 9.00. The van der Waals surface area contributed by atoms with Crippen LogP contribution < -0.4 is 11.5 Å². The molecule has 0 fully saturated rings. The van der Waals surface area contributed by atoms with Crippen LogP contribution in [0.3, 0.4) is 0 Å². The summed E-state index contributed by atoms with van der Waals surface area (Å²) in [5, 5.41) is 0. The Morgan fingerprint density at radius 3 is 1.86 bits per heavy atom. The van der Waals surface area contributed by atoms with Crippen molar-refractivity contribution in [3.8, 4) is 0 Å². The number of anilines is 2. The lowest BCUT2D eigenvalue weighted by atomic mass is 9.80. The van der Waals surface area contributed by atoms with Crippen LogP contribution in [0.15, 0.2) is 48.5 Å². The van der Waals surface area contributed by atoms with Crippen LogP contribution in [-0.4, -0.2) is 17.9 Å². The quantitative estimate of drug-likeness (QED) is 0.134. The minimum Gasteiger partial charge on any atom is -0.398 e. The number of carbonyl (C=O) groups is 3. The number of rotatable bonds is 9. The van der Waals surface area contributed by atoms with E-state index in [-0.39, 0.29) is 45.0 Å². The van der Waals surface area contributed by atoms with Crippen LogP contribution in [0.2, 0.25) is 0 Å². The average molecular weight is 467 g/mol. The van der Waals surface area contributed by atoms with Crippen LogP contribution in [0.4, 0.5) is 11.4 Å². The lowest BCUT2D eigenvalue weighted by Crippen LogP contribution is -2.24. The zero-order chi connectivity index (χ0) is 24.9. The number of aldehydes is 1. The first-order chi connectivity index (χ1) is 17.0. The van der Waals surface area contributed by atoms with E-state index < -0.39 is 5.78 Å². The highest BCUT2D eigenvalue weighted by Crippen LogP contribution is 2.36. The molecule has 0 saturated carbocycles. The van der Waals surface area contributed by atoms with E-state index in [1.807, 2.05) is 12.2 Å². The first-order valence-electron chi connectivity index (χ1n) is 12.1. The predicted octanol–water partition coefficient (Wildman–Crippen LogP) is 6.12. The summed E-state index contributed by atoms with van der Waals surface area (Å²) in [6, 6.07) is 14.7. The molecule has 35 heavy (non-hydrogen) atoms. The SMILES string of the molecule is CCCCCCCc1ccc(C=Cc2ccc3c(c2N)C(=O)c2ccc(C=O)c(N)c2C3=O)cc1. The van der Waals surface area contributed by atoms with E-state index in [4.69, 9.17) is 11.5 Å². The average Bonchev–Trinajstić information content (AvgIpc) is 2.87. The van der Waals surface area contributed by atoms with E-state index in [9.17, 15) is 14.4 Å². The number of fused-ring (bicyclic) bond motifs is 2. The second kappa shape index (κ2) is 10.5. The Balaban J connectivity index is 1.54. The molecule has 178 valence electrons. The summed E-state index contributed by atoms with van der Waals surface area (Å²) in [7, 11) is 0. The van der Waals surface area contributed by atoms with Crippen LogP contribution in [-0.2, 0) is 6.42 Å². The Morgan fingerprint density at radius 2 is 1.26 bits per heavy atom. The van der Waals surface area contributed by atoms with Gasteiger partial charge >= 0.3 is 0 Å². The molecule has 0 unspecified atom stereocenters. The molecule has 4 rings (SSSR count). The van der Waals surface area contributed by atoms with Gasteiger partial charge < -0.3 is 11.5 Å². The third kappa shape index (κ3) is 4.80. The zero-order valence-electron chi connectivity index (χ0n) is 20.0. The first kappa shape index (κ1) is 24.1. The second-order valence-corrected chi connectivity index (χ2v) is 9.00. The summed E-state index contributed by atoms with van der Waals surface area (Å²) >= 11 is 0. The van der Waals surface area contributed by atoms with Crippen LogP contribution >= 0.6 is 0 Å². The highest BCUT2D eigenvalue weighted by molar-refractivity contribution is 6.32. The fraction of sp³-hybridized carbons (Fsp3) is 0.233. The molecule has 4 N–H and O–H groups in total. The molecule has 1 aliphatic carbocycles. The molecular formula is C30H30N2O3. The van der Waals surface area contributed by atoms with Crippen molar-refractivity contribution in [1.29, 1.82) is 0 Å². The van der Waals surface area contributed by atoms with Crippen LogP contribution in [0.25, 0.3) is 12.2 Å². The summed E-state index contributed by atoms with van der Waals surface area (Å²) in [4.78, 5) is 37.6. The van der Waals surface area contributed by atoms with Gasteiger partial charge in [0.25, 0.3) is 0 Å². The van der Waals surface area contributed by atoms with Gasteiger partial charge in [0.2, 0.25) is 0 Å². The normalized spacial score (nSPS) is 12.6. The smallest absolute Gasteiger partial charge is 0.196 e. The monoisotopic (exact) mass is 466 g/mol. The van der Waals surface area contributed by atoms with E-state index in [0.717, 1.165) is 12.0 Å². The number of ketones is 2. The molecule has 3 aromatic rings. The largest absolute Gasteiger partial charge is 0.398 e. The highest BCUT2D eigenvalue weighted by atomic mass is 16.1. The van der Waals surface area contributed by atoms with Gasteiger partial charge in [-0.3, -0.25) is 14.4 Å². The Kier molecular flexibility index (Phi) is 7.25. The Labute approximate surface area is 205 Å². The van der Waals surface area contributed by atoms with Gasteiger partial charge in [0.05, 0.1) is 22.5 Å². The number of nitrogens with two attached hydrogens (primary N) is 2. The van der Waals surface area contributed by atoms with Gasteiger partial charge in [-0.2, -0.15) is 0 Å². The number of hydrogen-bond donors (Lipinski definition) is 2. The maximum absolute atomic E-state index is 13.2. The van der Waals surface area contributed by atoms with Gasteiger partial charge in [-0.1, -0.05) is 75.1 Å². The third-order valence-corrected chi connectivity index (χ3v) is 6.63. The fourth-order valence-corrected chi connectivity index (χ4v) is 4.57. The number of aryl methyl sites for hydroxylation is 1. The van der Waals surface area contributed by atoms with Crippen molar-refractivity contribution >= 4 is 41.4 Å². The van der Waals surface area contributed by atoms with Crippen LogP contribution in [0.1, 0.15) is 97.9 Å². The van der Waals surface area contributed by atoms with Gasteiger partial charge in [0.15, 0.2) is 17.9 Å². The summed E-state index contributed by atoms with van der Waals surface area (Å²) in [5.41, 5.74) is 16.5. The molecule has 0 heterocycles.